The quantitative estimate of drug-likeness (QED) is 0.166. The first-order chi connectivity index (χ1) is 21.0. The average molecular weight is 561 g/mol. The molecule has 0 fully saturated rings. The number of ether oxygens (including phenoxy) is 2. The van der Waals surface area contributed by atoms with E-state index in [0.29, 0.717) is 0 Å². The molecule has 0 spiro atoms. The van der Waals surface area contributed by atoms with E-state index in [4.69, 9.17) is 9.47 Å². The molecule has 0 amide bonds. The fraction of sp³-hybridized carbons (Fsp3) is 0.122. The molecule has 0 bridgehead atoms. The van der Waals surface area contributed by atoms with E-state index in [1.165, 1.54) is 44.5 Å². The van der Waals surface area contributed by atoms with E-state index < -0.39 is 0 Å². The summed E-state index contributed by atoms with van der Waals surface area (Å²) in [6, 6.07) is 50.9. The minimum Gasteiger partial charge on any atom is -0.457 e. The molecule has 0 atom stereocenters. The highest BCUT2D eigenvalue weighted by atomic mass is 16.5. The lowest BCUT2D eigenvalue weighted by molar-refractivity contribution is 0.482. The van der Waals surface area contributed by atoms with E-state index in [9.17, 15) is 0 Å². The molecule has 0 aliphatic rings. The fourth-order valence-electron chi connectivity index (χ4n) is 5.09. The number of rotatable bonds is 10. The van der Waals surface area contributed by atoms with E-state index in [-0.39, 0.29) is 0 Å². The molecule has 0 unspecified atom stereocenters. The summed E-state index contributed by atoms with van der Waals surface area (Å²) in [6.45, 7) is 4.20. The van der Waals surface area contributed by atoms with Gasteiger partial charge in [0.2, 0.25) is 0 Å². The monoisotopic (exact) mass is 560 g/mol. The van der Waals surface area contributed by atoms with E-state index >= 15 is 0 Å². The van der Waals surface area contributed by atoms with Gasteiger partial charge in [-0.2, -0.15) is 0 Å². The minimum atomic E-state index is 0.836. The van der Waals surface area contributed by atoms with Crippen LogP contribution < -0.4 is 9.47 Å². The predicted molar refractivity (Wildman–Crippen MR) is 177 cm³/mol. The van der Waals surface area contributed by atoms with Crippen molar-refractivity contribution >= 4 is 0 Å². The van der Waals surface area contributed by atoms with Gasteiger partial charge in [0.05, 0.1) is 0 Å². The zero-order valence-electron chi connectivity index (χ0n) is 24.8. The third kappa shape index (κ3) is 8.02. The molecule has 212 valence electrons. The molecule has 43 heavy (non-hydrogen) atoms. The van der Waals surface area contributed by atoms with Crippen molar-refractivity contribution in [1.29, 1.82) is 0 Å². The molecule has 6 aromatic carbocycles. The molecule has 0 saturated carbocycles. The Hall–Kier alpha value is -5.08. The first-order valence-electron chi connectivity index (χ1n) is 14.9. The molecular weight excluding hydrogens is 524 g/mol. The maximum atomic E-state index is 6.13. The number of aryl methyl sites for hydroxylation is 2. The van der Waals surface area contributed by atoms with E-state index in [1.807, 2.05) is 36.4 Å². The standard InChI is InChI=1S/C41H36O2/c1-30-3-7-32(8-4-30)27-33-9-11-34(12-10-33)28-35-13-23-40(24-14-35)43-41-25-17-37(18-26-41)29-36-15-21-39(22-16-36)42-38-19-5-31(2)6-20-38/h3-26H,27-29H2,1-2H3. The zero-order chi connectivity index (χ0) is 29.4. The zero-order valence-corrected chi connectivity index (χ0v) is 24.8. The molecule has 0 aromatic heterocycles. The van der Waals surface area contributed by atoms with Crippen LogP contribution in [0.4, 0.5) is 0 Å². The Morgan fingerprint density at radius 2 is 0.465 bits per heavy atom. The third-order valence-corrected chi connectivity index (χ3v) is 7.63. The lowest BCUT2D eigenvalue weighted by Crippen LogP contribution is -1.92. The largest absolute Gasteiger partial charge is 0.457 e. The topological polar surface area (TPSA) is 18.5 Å². The van der Waals surface area contributed by atoms with E-state index in [1.54, 1.807) is 0 Å². The SMILES string of the molecule is Cc1ccc(Cc2ccc(Cc3ccc(Oc4ccc(Cc5ccc(Oc6ccc(C)cc6)cc5)cc4)cc3)cc2)cc1. The summed E-state index contributed by atoms with van der Waals surface area (Å²) in [5.41, 5.74) is 10.3. The van der Waals surface area contributed by atoms with Gasteiger partial charge in [0.25, 0.3) is 0 Å². The van der Waals surface area contributed by atoms with Gasteiger partial charge in [-0.25, -0.2) is 0 Å². The summed E-state index contributed by atoms with van der Waals surface area (Å²) >= 11 is 0. The Balaban J connectivity index is 0.988. The van der Waals surface area contributed by atoms with Crippen LogP contribution in [0.2, 0.25) is 0 Å². The molecular formula is C41H36O2. The van der Waals surface area contributed by atoms with Crippen LogP contribution in [0.25, 0.3) is 0 Å². The molecule has 0 aliphatic carbocycles. The van der Waals surface area contributed by atoms with Gasteiger partial charge in [0.15, 0.2) is 0 Å². The van der Waals surface area contributed by atoms with Gasteiger partial charge in [-0.05, 0) is 115 Å². The summed E-state index contributed by atoms with van der Waals surface area (Å²) in [7, 11) is 0. The Bertz CT molecular complexity index is 1600. The Labute approximate surface area is 255 Å². The maximum absolute atomic E-state index is 6.13. The highest BCUT2D eigenvalue weighted by molar-refractivity contribution is 5.39. The summed E-state index contributed by atoms with van der Waals surface area (Å²) in [4.78, 5) is 0. The summed E-state index contributed by atoms with van der Waals surface area (Å²) in [6.07, 6.45) is 2.72. The van der Waals surface area contributed by atoms with Crippen LogP contribution in [0, 0.1) is 13.8 Å². The van der Waals surface area contributed by atoms with Crippen molar-refractivity contribution in [1.82, 2.24) is 0 Å². The molecule has 2 nitrogen and oxygen atoms in total. The van der Waals surface area contributed by atoms with Gasteiger partial charge in [-0.3, -0.25) is 0 Å². The maximum Gasteiger partial charge on any atom is 0.127 e. The van der Waals surface area contributed by atoms with Crippen molar-refractivity contribution in [3.05, 3.63) is 190 Å². The Morgan fingerprint density at radius 1 is 0.279 bits per heavy atom. The minimum absolute atomic E-state index is 0.836. The van der Waals surface area contributed by atoms with Crippen molar-refractivity contribution in [2.45, 2.75) is 33.1 Å². The highest BCUT2D eigenvalue weighted by Gasteiger charge is 2.04. The van der Waals surface area contributed by atoms with Crippen LogP contribution in [-0.4, -0.2) is 0 Å². The van der Waals surface area contributed by atoms with Gasteiger partial charge >= 0.3 is 0 Å². The second-order valence-electron chi connectivity index (χ2n) is 11.3. The molecule has 2 heteroatoms. The van der Waals surface area contributed by atoms with Crippen LogP contribution >= 0.6 is 0 Å². The van der Waals surface area contributed by atoms with Gasteiger partial charge in [-0.1, -0.05) is 108 Å². The lowest BCUT2D eigenvalue weighted by atomic mass is 10.00. The van der Waals surface area contributed by atoms with Gasteiger partial charge < -0.3 is 9.47 Å². The fourth-order valence-corrected chi connectivity index (χ4v) is 5.09. The Kier molecular flexibility index (Phi) is 8.66. The molecule has 6 rings (SSSR count). The van der Waals surface area contributed by atoms with Crippen molar-refractivity contribution in [3.8, 4) is 23.0 Å². The first kappa shape index (κ1) is 28.1. The van der Waals surface area contributed by atoms with Crippen LogP contribution in [0.5, 0.6) is 23.0 Å². The van der Waals surface area contributed by atoms with E-state index in [2.05, 4.69) is 123 Å². The molecule has 0 N–H and O–H groups in total. The molecule has 0 radical (unpaired) electrons. The van der Waals surface area contributed by atoms with Crippen LogP contribution in [0.1, 0.15) is 44.5 Å². The lowest BCUT2D eigenvalue weighted by Gasteiger charge is -2.09. The third-order valence-electron chi connectivity index (χ3n) is 7.63. The average Bonchev–Trinajstić information content (AvgIpc) is 3.03. The Morgan fingerprint density at radius 3 is 0.744 bits per heavy atom. The molecule has 0 aliphatic heterocycles. The molecule has 6 aromatic rings. The summed E-state index contributed by atoms with van der Waals surface area (Å²) in [5, 5.41) is 0. The van der Waals surface area contributed by atoms with Crippen LogP contribution in [0.15, 0.2) is 146 Å². The van der Waals surface area contributed by atoms with Crippen molar-refractivity contribution in [2.24, 2.45) is 0 Å². The summed E-state index contributed by atoms with van der Waals surface area (Å²) in [5.74, 6) is 3.37. The van der Waals surface area contributed by atoms with E-state index in [0.717, 1.165) is 42.3 Å². The molecule has 0 saturated heterocycles. The van der Waals surface area contributed by atoms with Crippen molar-refractivity contribution in [2.75, 3.05) is 0 Å². The normalized spacial score (nSPS) is 10.8. The van der Waals surface area contributed by atoms with Gasteiger partial charge in [-0.15, -0.1) is 0 Å². The van der Waals surface area contributed by atoms with Crippen molar-refractivity contribution < 1.29 is 9.47 Å². The van der Waals surface area contributed by atoms with Gasteiger partial charge in [0, 0.05) is 0 Å². The highest BCUT2D eigenvalue weighted by Crippen LogP contribution is 2.26. The van der Waals surface area contributed by atoms with Crippen LogP contribution in [0.3, 0.4) is 0 Å². The number of benzene rings is 6. The van der Waals surface area contributed by atoms with Crippen molar-refractivity contribution in [3.63, 3.8) is 0 Å². The number of hydrogen-bond acceptors (Lipinski definition) is 2. The first-order valence-corrected chi connectivity index (χ1v) is 14.9. The second-order valence-corrected chi connectivity index (χ2v) is 11.3. The molecule has 0 heterocycles. The smallest absolute Gasteiger partial charge is 0.127 e. The number of hydrogen-bond donors (Lipinski definition) is 0. The van der Waals surface area contributed by atoms with Crippen LogP contribution in [-0.2, 0) is 19.3 Å². The second kappa shape index (κ2) is 13.3. The summed E-state index contributed by atoms with van der Waals surface area (Å²) < 4.78 is 12.1. The predicted octanol–water partition coefficient (Wildman–Crippen LogP) is 10.7. The van der Waals surface area contributed by atoms with Gasteiger partial charge in [0.1, 0.15) is 23.0 Å².